The first-order valence-corrected chi connectivity index (χ1v) is 6.88. The lowest BCUT2D eigenvalue weighted by molar-refractivity contribution is 0.744. The summed E-state index contributed by atoms with van der Waals surface area (Å²) in [5.41, 5.74) is 6.82. The zero-order valence-electron chi connectivity index (χ0n) is 10.9. The number of fused-ring (bicyclic) bond motifs is 4. The van der Waals surface area contributed by atoms with Crippen LogP contribution in [0.4, 0.5) is 5.69 Å². The summed E-state index contributed by atoms with van der Waals surface area (Å²) in [6.07, 6.45) is 3.84. The summed E-state index contributed by atoms with van der Waals surface area (Å²) in [7, 11) is 0. The van der Waals surface area contributed by atoms with Gasteiger partial charge in [0, 0.05) is 12.2 Å². The fraction of sp³-hybridized carbons (Fsp3) is 0.294. The largest absolute Gasteiger partial charge is 0.385 e. The van der Waals surface area contributed by atoms with Crippen LogP contribution in [-0.2, 0) is 0 Å². The molecule has 0 aromatic heterocycles. The summed E-state index contributed by atoms with van der Waals surface area (Å²) >= 11 is 0. The third-order valence-corrected chi connectivity index (χ3v) is 3.64. The number of unbranched alkanes of at least 4 members (excludes halogenated alkanes) is 2. The number of hydrogen-bond donors (Lipinski definition) is 1. The van der Waals surface area contributed by atoms with Crippen molar-refractivity contribution in [1.82, 2.24) is 0 Å². The Hall–Kier alpha value is -1.76. The molecule has 0 saturated carbocycles. The second kappa shape index (κ2) is 4.85. The molecule has 0 unspecified atom stereocenters. The Morgan fingerprint density at radius 3 is 2.33 bits per heavy atom. The van der Waals surface area contributed by atoms with Gasteiger partial charge in [0.2, 0.25) is 0 Å². The van der Waals surface area contributed by atoms with E-state index in [0.29, 0.717) is 0 Å². The molecule has 0 aliphatic heterocycles. The molecule has 0 atom stereocenters. The molecule has 1 aliphatic rings. The number of rotatable bonds is 5. The van der Waals surface area contributed by atoms with Gasteiger partial charge in [0.05, 0.1) is 0 Å². The molecule has 92 valence electrons. The summed E-state index contributed by atoms with van der Waals surface area (Å²) in [5.74, 6) is 0. The molecule has 0 heterocycles. The van der Waals surface area contributed by atoms with E-state index in [1.54, 1.807) is 0 Å². The van der Waals surface area contributed by atoms with Crippen LogP contribution in [0.1, 0.15) is 26.2 Å². The van der Waals surface area contributed by atoms with Crippen molar-refractivity contribution in [2.24, 2.45) is 0 Å². The lowest BCUT2D eigenvalue weighted by Crippen LogP contribution is -2.04. The molecule has 1 aliphatic carbocycles. The first-order chi connectivity index (χ1) is 8.90. The van der Waals surface area contributed by atoms with E-state index in [0.717, 1.165) is 6.54 Å². The second-order valence-corrected chi connectivity index (χ2v) is 4.94. The van der Waals surface area contributed by atoms with Gasteiger partial charge < -0.3 is 5.32 Å². The fourth-order valence-corrected chi connectivity index (χ4v) is 2.61. The zero-order valence-corrected chi connectivity index (χ0v) is 10.9. The van der Waals surface area contributed by atoms with Crippen molar-refractivity contribution in [1.29, 1.82) is 0 Å². The summed E-state index contributed by atoms with van der Waals surface area (Å²) in [5, 5.41) is 3.51. The molecule has 0 bridgehead atoms. The first-order valence-electron chi connectivity index (χ1n) is 6.88. The van der Waals surface area contributed by atoms with Crippen molar-refractivity contribution in [2.75, 3.05) is 11.9 Å². The molecular weight excluding hydrogens is 218 g/mol. The smallest absolute Gasteiger partial charge is 0.0346 e. The van der Waals surface area contributed by atoms with Crippen molar-refractivity contribution in [3.05, 3.63) is 42.5 Å². The topological polar surface area (TPSA) is 12.0 Å². The normalized spacial score (nSPS) is 11.4. The molecule has 3 rings (SSSR count). The van der Waals surface area contributed by atoms with Crippen molar-refractivity contribution in [3.8, 4) is 22.3 Å². The molecule has 1 N–H and O–H groups in total. The van der Waals surface area contributed by atoms with Crippen LogP contribution < -0.4 is 5.32 Å². The van der Waals surface area contributed by atoms with E-state index < -0.39 is 0 Å². The standard InChI is InChI=1S/C17H19N/c1-2-3-6-11-18-13-9-10-16-14-7-4-5-8-15(14)17(16)12-13/h4-5,7-10,12,18H,2-3,6,11H2,1H3. The molecule has 1 nitrogen and oxygen atoms in total. The van der Waals surface area contributed by atoms with Crippen LogP contribution in [0.5, 0.6) is 0 Å². The SMILES string of the molecule is CCCCCNc1ccc2c(c1)-c1ccccc1-2. The highest BCUT2D eigenvalue weighted by molar-refractivity contribution is 6.03. The average Bonchev–Trinajstić information content (AvgIpc) is 2.41. The van der Waals surface area contributed by atoms with Crippen molar-refractivity contribution >= 4 is 5.69 Å². The maximum Gasteiger partial charge on any atom is 0.0346 e. The van der Waals surface area contributed by atoms with Crippen molar-refractivity contribution in [2.45, 2.75) is 26.2 Å². The van der Waals surface area contributed by atoms with Gasteiger partial charge in [-0.2, -0.15) is 0 Å². The highest BCUT2D eigenvalue weighted by atomic mass is 14.9. The van der Waals surface area contributed by atoms with Crippen LogP contribution in [0.25, 0.3) is 22.3 Å². The Morgan fingerprint density at radius 1 is 0.833 bits per heavy atom. The van der Waals surface area contributed by atoms with E-state index in [-0.39, 0.29) is 0 Å². The van der Waals surface area contributed by atoms with Gasteiger partial charge in [-0.1, -0.05) is 50.1 Å². The van der Waals surface area contributed by atoms with Crippen LogP contribution >= 0.6 is 0 Å². The number of benzene rings is 2. The molecule has 2 aromatic rings. The minimum atomic E-state index is 1.08. The molecule has 0 spiro atoms. The number of nitrogens with one attached hydrogen (secondary N) is 1. The Morgan fingerprint density at radius 2 is 1.56 bits per heavy atom. The van der Waals surface area contributed by atoms with Gasteiger partial charge in [-0.25, -0.2) is 0 Å². The second-order valence-electron chi connectivity index (χ2n) is 4.94. The monoisotopic (exact) mass is 237 g/mol. The fourth-order valence-electron chi connectivity index (χ4n) is 2.61. The van der Waals surface area contributed by atoms with E-state index in [2.05, 4.69) is 54.7 Å². The van der Waals surface area contributed by atoms with E-state index in [9.17, 15) is 0 Å². The molecular formula is C17H19N. The average molecular weight is 237 g/mol. The van der Waals surface area contributed by atoms with Crippen LogP contribution in [0.2, 0.25) is 0 Å². The molecule has 0 saturated heterocycles. The summed E-state index contributed by atoms with van der Waals surface area (Å²) in [6, 6.07) is 15.3. The Bertz CT molecular complexity index is 557. The lowest BCUT2D eigenvalue weighted by Gasteiger charge is -2.24. The van der Waals surface area contributed by atoms with E-state index in [1.165, 1.54) is 47.2 Å². The Balaban J connectivity index is 1.72. The van der Waals surface area contributed by atoms with Gasteiger partial charge >= 0.3 is 0 Å². The number of anilines is 1. The molecule has 1 heteroatoms. The van der Waals surface area contributed by atoms with E-state index in [1.807, 2.05) is 0 Å². The zero-order chi connectivity index (χ0) is 12.4. The molecule has 2 aromatic carbocycles. The van der Waals surface area contributed by atoms with Gasteiger partial charge in [0.25, 0.3) is 0 Å². The van der Waals surface area contributed by atoms with Crippen LogP contribution in [0, 0.1) is 0 Å². The van der Waals surface area contributed by atoms with Crippen LogP contribution in [-0.4, -0.2) is 6.54 Å². The predicted octanol–water partition coefficient (Wildman–Crippen LogP) is 4.94. The molecule has 0 radical (unpaired) electrons. The maximum atomic E-state index is 3.51. The third kappa shape index (κ3) is 1.90. The summed E-state index contributed by atoms with van der Waals surface area (Å²) < 4.78 is 0. The Labute approximate surface area is 109 Å². The summed E-state index contributed by atoms with van der Waals surface area (Å²) in [4.78, 5) is 0. The first kappa shape index (κ1) is 11.3. The van der Waals surface area contributed by atoms with Crippen LogP contribution in [0.15, 0.2) is 42.5 Å². The predicted molar refractivity (Wildman–Crippen MR) is 78.9 cm³/mol. The van der Waals surface area contributed by atoms with Gasteiger partial charge in [-0.05, 0) is 40.8 Å². The van der Waals surface area contributed by atoms with E-state index in [4.69, 9.17) is 0 Å². The van der Waals surface area contributed by atoms with Gasteiger partial charge in [0.1, 0.15) is 0 Å². The molecule has 18 heavy (non-hydrogen) atoms. The minimum Gasteiger partial charge on any atom is -0.385 e. The number of hydrogen-bond acceptors (Lipinski definition) is 1. The molecule has 0 amide bonds. The third-order valence-electron chi connectivity index (χ3n) is 3.64. The highest BCUT2D eigenvalue weighted by Crippen LogP contribution is 2.47. The van der Waals surface area contributed by atoms with Gasteiger partial charge in [-0.15, -0.1) is 0 Å². The molecule has 0 fully saturated rings. The van der Waals surface area contributed by atoms with Crippen molar-refractivity contribution in [3.63, 3.8) is 0 Å². The lowest BCUT2D eigenvalue weighted by atomic mass is 9.80. The quantitative estimate of drug-likeness (QED) is 0.620. The maximum absolute atomic E-state index is 3.51. The minimum absolute atomic E-state index is 1.08. The van der Waals surface area contributed by atoms with E-state index >= 15 is 0 Å². The summed E-state index contributed by atoms with van der Waals surface area (Å²) in [6.45, 7) is 3.32. The van der Waals surface area contributed by atoms with Gasteiger partial charge in [0.15, 0.2) is 0 Å². The van der Waals surface area contributed by atoms with Gasteiger partial charge in [-0.3, -0.25) is 0 Å². The van der Waals surface area contributed by atoms with Crippen LogP contribution in [0.3, 0.4) is 0 Å². The van der Waals surface area contributed by atoms with Crippen molar-refractivity contribution < 1.29 is 0 Å². The highest BCUT2D eigenvalue weighted by Gasteiger charge is 2.21. The Kier molecular flexibility index (Phi) is 3.06.